The lowest BCUT2D eigenvalue weighted by Gasteiger charge is -2.22. The van der Waals surface area contributed by atoms with E-state index in [4.69, 9.17) is 15.0 Å². The third-order valence-electron chi connectivity index (χ3n) is 3.62. The van der Waals surface area contributed by atoms with Crippen LogP contribution in [0.1, 0.15) is 40.5 Å². The van der Waals surface area contributed by atoms with Gasteiger partial charge in [-0.15, -0.1) is 0 Å². The first kappa shape index (κ1) is 20.3. The molecule has 0 spiro atoms. The predicted octanol–water partition coefficient (Wildman–Crippen LogP) is 0.751. The normalized spacial score (nSPS) is 22.8. The molecule has 1 aliphatic carbocycles. The number of nitrogens with one attached hydrogen (secondary N) is 1. The number of esters is 1. The highest BCUT2D eigenvalue weighted by Gasteiger charge is 2.62. The Hall–Kier alpha value is -2.74. The zero-order chi connectivity index (χ0) is 19.4. The first-order chi connectivity index (χ1) is 11.4. The van der Waals surface area contributed by atoms with E-state index in [1.54, 1.807) is 20.8 Å². The average molecular weight is 355 g/mol. The van der Waals surface area contributed by atoms with Crippen molar-refractivity contribution in [2.24, 2.45) is 11.3 Å². The summed E-state index contributed by atoms with van der Waals surface area (Å²) in [6.07, 6.45) is -1.80. The van der Waals surface area contributed by atoms with Gasteiger partial charge in [0, 0.05) is 19.3 Å². The molecule has 1 fully saturated rings. The van der Waals surface area contributed by atoms with Gasteiger partial charge in [-0.05, 0) is 27.2 Å². The van der Waals surface area contributed by atoms with Crippen LogP contribution in [0, 0.1) is 11.3 Å². The number of ketones is 1. The molecular formula is C15H21N3O7. The standard InChI is InChI=1S/C15H21N3O7/c1-8(24-12(22)14(2,3)4)25-13(23)18-15(11(20)21)6-9(15)5-10(19)7-17-16/h7-9H,5-6H2,1-4H3,(H,18,23)(H,20,21). The minimum absolute atomic E-state index is 0.0264. The van der Waals surface area contributed by atoms with Gasteiger partial charge in [0.25, 0.3) is 0 Å². The fourth-order valence-electron chi connectivity index (χ4n) is 2.12. The molecule has 0 aromatic carbocycles. The lowest BCUT2D eigenvalue weighted by molar-refractivity contribution is -0.174. The van der Waals surface area contributed by atoms with Crippen molar-refractivity contribution in [1.82, 2.24) is 5.32 Å². The summed E-state index contributed by atoms with van der Waals surface area (Å²) >= 11 is 0. The summed E-state index contributed by atoms with van der Waals surface area (Å²) in [5, 5.41) is 11.5. The molecule has 10 heteroatoms. The lowest BCUT2D eigenvalue weighted by Crippen LogP contribution is -2.46. The van der Waals surface area contributed by atoms with Gasteiger partial charge in [0.1, 0.15) is 5.54 Å². The highest BCUT2D eigenvalue weighted by atomic mass is 16.7. The number of hydrogen-bond donors (Lipinski definition) is 2. The second-order valence-corrected chi connectivity index (χ2v) is 6.85. The summed E-state index contributed by atoms with van der Waals surface area (Å²) in [7, 11) is 0. The zero-order valence-electron chi connectivity index (χ0n) is 14.4. The number of Topliss-reactive ketones (excluding diaryl/α,β-unsaturated/α-hetero) is 1. The summed E-state index contributed by atoms with van der Waals surface area (Å²) in [6.45, 7) is 6.21. The Kier molecular flexibility index (Phi) is 6.04. The molecule has 10 nitrogen and oxygen atoms in total. The van der Waals surface area contributed by atoms with E-state index in [0.717, 1.165) is 0 Å². The van der Waals surface area contributed by atoms with E-state index in [0.29, 0.717) is 6.21 Å². The fourth-order valence-corrected chi connectivity index (χ4v) is 2.12. The number of carboxylic acid groups (broad SMARTS) is 1. The number of carboxylic acids is 1. The molecular weight excluding hydrogens is 334 g/mol. The van der Waals surface area contributed by atoms with E-state index in [2.05, 4.69) is 10.1 Å². The van der Waals surface area contributed by atoms with Crippen LogP contribution in [-0.2, 0) is 23.9 Å². The number of ether oxygens (including phenoxy) is 2. The molecule has 0 saturated heterocycles. The Morgan fingerprint density at radius 3 is 2.44 bits per heavy atom. The second kappa shape index (κ2) is 7.43. The van der Waals surface area contributed by atoms with Crippen LogP contribution in [-0.4, -0.2) is 51.8 Å². The molecule has 0 aromatic rings. The molecule has 3 atom stereocenters. The Bertz CT molecular complexity index is 634. The minimum Gasteiger partial charge on any atom is -0.479 e. The number of carbonyl (C=O) groups is 4. The van der Waals surface area contributed by atoms with Crippen LogP contribution < -0.4 is 5.32 Å². The molecule has 25 heavy (non-hydrogen) atoms. The molecule has 0 heterocycles. The van der Waals surface area contributed by atoms with Gasteiger partial charge in [0.2, 0.25) is 12.1 Å². The van der Waals surface area contributed by atoms with E-state index in [-0.39, 0.29) is 12.8 Å². The van der Waals surface area contributed by atoms with E-state index in [9.17, 15) is 24.3 Å². The van der Waals surface area contributed by atoms with Crippen LogP contribution in [0.5, 0.6) is 0 Å². The SMILES string of the molecule is CC(OC(=O)NC1(C(=O)O)CC1CC(=O)C=[N+]=[N-])OC(=O)C(C)(C)C. The maximum absolute atomic E-state index is 11.9. The number of alkyl carbamates (subject to hydrolysis) is 1. The monoisotopic (exact) mass is 355 g/mol. The van der Waals surface area contributed by atoms with Crippen molar-refractivity contribution in [2.75, 3.05) is 0 Å². The molecule has 0 aromatic heterocycles. The summed E-state index contributed by atoms with van der Waals surface area (Å²) in [5.74, 6) is -3.13. The first-order valence-corrected chi connectivity index (χ1v) is 7.56. The van der Waals surface area contributed by atoms with Gasteiger partial charge in [-0.25, -0.2) is 9.59 Å². The molecule has 0 radical (unpaired) electrons. The number of carbonyl (C=O) groups excluding carboxylic acids is 3. The number of hydrogen-bond acceptors (Lipinski definition) is 6. The molecule has 0 bridgehead atoms. The molecule has 1 amide bonds. The number of nitrogens with zero attached hydrogens (tertiary/aromatic N) is 2. The van der Waals surface area contributed by atoms with Crippen LogP contribution in [0.3, 0.4) is 0 Å². The fraction of sp³-hybridized carbons (Fsp3) is 0.667. The maximum atomic E-state index is 11.9. The Morgan fingerprint density at radius 2 is 1.96 bits per heavy atom. The van der Waals surface area contributed by atoms with Crippen molar-refractivity contribution in [3.63, 3.8) is 0 Å². The maximum Gasteiger partial charge on any atom is 0.411 e. The molecule has 1 aliphatic rings. The molecule has 1 rings (SSSR count). The Balaban J connectivity index is 2.62. The van der Waals surface area contributed by atoms with Crippen LogP contribution in [0.2, 0.25) is 0 Å². The predicted molar refractivity (Wildman–Crippen MR) is 82.4 cm³/mol. The van der Waals surface area contributed by atoms with Gasteiger partial charge in [0.05, 0.1) is 5.41 Å². The van der Waals surface area contributed by atoms with Crippen LogP contribution in [0.15, 0.2) is 0 Å². The van der Waals surface area contributed by atoms with Crippen molar-refractivity contribution in [3.05, 3.63) is 5.53 Å². The van der Waals surface area contributed by atoms with Gasteiger partial charge >= 0.3 is 24.2 Å². The molecule has 3 unspecified atom stereocenters. The Morgan fingerprint density at radius 1 is 1.36 bits per heavy atom. The van der Waals surface area contributed by atoms with Crippen LogP contribution in [0.4, 0.5) is 4.79 Å². The van der Waals surface area contributed by atoms with Crippen LogP contribution in [0.25, 0.3) is 5.53 Å². The quantitative estimate of drug-likeness (QED) is 0.224. The van der Waals surface area contributed by atoms with Crippen molar-refractivity contribution in [2.45, 2.75) is 52.4 Å². The largest absolute Gasteiger partial charge is 0.479 e. The third kappa shape index (κ3) is 5.39. The summed E-state index contributed by atoms with van der Waals surface area (Å²) < 4.78 is 9.77. The summed E-state index contributed by atoms with van der Waals surface area (Å²) in [6, 6.07) is 0. The van der Waals surface area contributed by atoms with Gasteiger partial charge in [-0.2, -0.15) is 4.79 Å². The minimum atomic E-state index is -1.64. The molecule has 2 N–H and O–H groups in total. The summed E-state index contributed by atoms with van der Waals surface area (Å²) in [4.78, 5) is 48.9. The summed E-state index contributed by atoms with van der Waals surface area (Å²) in [5.41, 5.74) is 5.86. The zero-order valence-corrected chi connectivity index (χ0v) is 14.4. The van der Waals surface area contributed by atoms with Gasteiger partial charge in [-0.1, -0.05) is 0 Å². The number of aliphatic carboxylic acids is 1. The average Bonchev–Trinajstić information content (AvgIpc) is 3.10. The number of amides is 1. The molecule has 0 aliphatic heterocycles. The van der Waals surface area contributed by atoms with E-state index in [1.807, 2.05) is 0 Å². The van der Waals surface area contributed by atoms with Crippen LogP contribution >= 0.6 is 0 Å². The topological polar surface area (TPSA) is 155 Å². The lowest BCUT2D eigenvalue weighted by atomic mass is 9.97. The second-order valence-electron chi connectivity index (χ2n) is 6.85. The van der Waals surface area contributed by atoms with E-state index >= 15 is 0 Å². The van der Waals surface area contributed by atoms with Gasteiger partial charge in [0.15, 0.2) is 0 Å². The third-order valence-corrected chi connectivity index (χ3v) is 3.62. The highest BCUT2D eigenvalue weighted by molar-refractivity contribution is 6.25. The smallest absolute Gasteiger partial charge is 0.411 e. The first-order valence-electron chi connectivity index (χ1n) is 7.56. The van der Waals surface area contributed by atoms with Gasteiger partial charge in [-0.3, -0.25) is 9.59 Å². The van der Waals surface area contributed by atoms with E-state index < -0.39 is 47.0 Å². The van der Waals surface area contributed by atoms with Crippen molar-refractivity contribution in [1.29, 1.82) is 0 Å². The molecule has 138 valence electrons. The highest BCUT2D eigenvalue weighted by Crippen LogP contribution is 2.46. The Labute approximate surface area is 144 Å². The van der Waals surface area contributed by atoms with E-state index in [1.165, 1.54) is 6.92 Å². The van der Waals surface area contributed by atoms with Crippen molar-refractivity contribution in [3.8, 4) is 0 Å². The number of rotatable bonds is 7. The molecule has 1 saturated carbocycles. The van der Waals surface area contributed by atoms with Crippen molar-refractivity contribution >= 4 is 30.0 Å². The van der Waals surface area contributed by atoms with Gasteiger partial charge < -0.3 is 25.4 Å². The van der Waals surface area contributed by atoms with Crippen molar-refractivity contribution < 1.29 is 38.5 Å².